The van der Waals surface area contributed by atoms with Crippen molar-refractivity contribution in [3.05, 3.63) is 126 Å². The van der Waals surface area contributed by atoms with E-state index in [0.717, 1.165) is 38.6 Å². The molecule has 0 amide bonds. The van der Waals surface area contributed by atoms with E-state index in [1.807, 2.05) is 30.3 Å². The number of para-hydroxylation sites is 1. The minimum atomic E-state index is 0.472. The number of benzene rings is 5. The van der Waals surface area contributed by atoms with Crippen molar-refractivity contribution < 1.29 is 0 Å². The van der Waals surface area contributed by atoms with Gasteiger partial charge in [-0.2, -0.15) is 10.5 Å². The van der Waals surface area contributed by atoms with Crippen LogP contribution in [0.4, 0.5) is 0 Å². The van der Waals surface area contributed by atoms with Crippen molar-refractivity contribution in [2.45, 2.75) is 0 Å². The number of rotatable bonds is 3. The molecule has 1 heterocycles. The summed E-state index contributed by atoms with van der Waals surface area (Å²) in [4.78, 5) is 0. The summed E-state index contributed by atoms with van der Waals surface area (Å²) < 4.78 is 2.14. The fourth-order valence-corrected chi connectivity index (χ4v) is 4.81. The predicted octanol–water partition coefficient (Wildman–Crippen LogP) is 7.86. The lowest BCUT2D eigenvalue weighted by Gasteiger charge is -2.10. The molecular weight excluding hydrogens is 426 g/mol. The highest BCUT2D eigenvalue weighted by molar-refractivity contribution is 6.10. The molecule has 6 rings (SSSR count). The number of aromatic nitrogens is 1. The molecule has 0 aliphatic heterocycles. The Morgan fingerprint density at radius 2 is 1.06 bits per heavy atom. The van der Waals surface area contributed by atoms with Crippen LogP contribution in [0.5, 0.6) is 0 Å². The van der Waals surface area contributed by atoms with Gasteiger partial charge in [0.05, 0.1) is 34.3 Å². The van der Waals surface area contributed by atoms with E-state index in [-0.39, 0.29) is 0 Å². The summed E-state index contributed by atoms with van der Waals surface area (Å²) >= 11 is 0. The molecule has 0 radical (unpaired) electrons. The maximum atomic E-state index is 9.50. The van der Waals surface area contributed by atoms with Gasteiger partial charge in [0.25, 0.3) is 0 Å². The van der Waals surface area contributed by atoms with Crippen molar-refractivity contribution in [2.75, 3.05) is 0 Å². The van der Waals surface area contributed by atoms with E-state index in [1.54, 1.807) is 6.07 Å². The molecule has 0 fully saturated rings. The first-order chi connectivity index (χ1) is 17.2. The van der Waals surface area contributed by atoms with E-state index in [2.05, 4.69) is 95.6 Å². The van der Waals surface area contributed by atoms with Crippen LogP contribution >= 0.6 is 0 Å². The fraction of sp³-hybridized carbons (Fsp3) is 0. The second kappa shape index (κ2) is 8.34. The highest BCUT2D eigenvalue weighted by Gasteiger charge is 2.14. The summed E-state index contributed by atoms with van der Waals surface area (Å²) in [6.45, 7) is 0. The third kappa shape index (κ3) is 3.53. The quantitative estimate of drug-likeness (QED) is 0.278. The average Bonchev–Trinajstić information content (AvgIpc) is 3.27. The van der Waals surface area contributed by atoms with Gasteiger partial charge in [0, 0.05) is 16.5 Å². The first-order valence-corrected chi connectivity index (χ1v) is 11.4. The van der Waals surface area contributed by atoms with Crippen molar-refractivity contribution in [1.82, 2.24) is 4.57 Å². The number of nitrogens with zero attached hydrogens (tertiary/aromatic N) is 3. The van der Waals surface area contributed by atoms with Crippen LogP contribution in [0.2, 0.25) is 0 Å². The Kier molecular flexibility index (Phi) is 4.88. The molecule has 0 spiro atoms. The molecule has 1 aromatic heterocycles. The monoisotopic (exact) mass is 445 g/mol. The number of fused-ring (bicyclic) bond motifs is 3. The molecule has 0 saturated carbocycles. The summed E-state index contributed by atoms with van der Waals surface area (Å²) in [5, 5.41) is 21.3. The maximum Gasteiger partial charge on any atom is 0.0992 e. The van der Waals surface area contributed by atoms with Crippen molar-refractivity contribution >= 4 is 21.8 Å². The summed E-state index contributed by atoms with van der Waals surface area (Å²) in [5.74, 6) is 0. The van der Waals surface area contributed by atoms with E-state index < -0.39 is 0 Å². The first-order valence-electron chi connectivity index (χ1n) is 11.4. The van der Waals surface area contributed by atoms with Crippen LogP contribution in [-0.2, 0) is 0 Å². The van der Waals surface area contributed by atoms with E-state index in [9.17, 15) is 10.5 Å². The second-order valence-electron chi connectivity index (χ2n) is 8.52. The average molecular weight is 446 g/mol. The zero-order chi connectivity index (χ0) is 23.8. The maximum absolute atomic E-state index is 9.50. The Labute approximate surface area is 203 Å². The van der Waals surface area contributed by atoms with Crippen molar-refractivity contribution in [2.24, 2.45) is 0 Å². The molecule has 6 aromatic rings. The Morgan fingerprint density at radius 3 is 1.80 bits per heavy atom. The SMILES string of the molecule is N#Cc1cc(C#N)cc(-n2c3ccccc3c3cc(-c4cccc(-c5ccccc5)c4)ccc32)c1. The van der Waals surface area contributed by atoms with E-state index in [1.165, 1.54) is 11.1 Å². The Morgan fingerprint density at radius 1 is 0.457 bits per heavy atom. The lowest BCUT2D eigenvalue weighted by molar-refractivity contribution is 1.17. The molecule has 35 heavy (non-hydrogen) atoms. The van der Waals surface area contributed by atoms with Crippen LogP contribution in [-0.4, -0.2) is 4.57 Å². The van der Waals surface area contributed by atoms with E-state index in [0.29, 0.717) is 11.1 Å². The van der Waals surface area contributed by atoms with Gasteiger partial charge in [-0.15, -0.1) is 0 Å². The van der Waals surface area contributed by atoms with Crippen LogP contribution in [0.1, 0.15) is 11.1 Å². The molecular formula is C32H19N3. The zero-order valence-electron chi connectivity index (χ0n) is 18.8. The van der Waals surface area contributed by atoms with Gasteiger partial charge in [0.1, 0.15) is 0 Å². The molecule has 0 N–H and O–H groups in total. The van der Waals surface area contributed by atoms with Gasteiger partial charge in [-0.25, -0.2) is 0 Å². The van der Waals surface area contributed by atoms with Crippen LogP contribution in [0.3, 0.4) is 0 Å². The van der Waals surface area contributed by atoms with Gasteiger partial charge in [-0.05, 0) is 64.7 Å². The van der Waals surface area contributed by atoms with Gasteiger partial charge in [0.15, 0.2) is 0 Å². The molecule has 5 aromatic carbocycles. The van der Waals surface area contributed by atoms with Crippen molar-refractivity contribution in [3.63, 3.8) is 0 Å². The smallest absolute Gasteiger partial charge is 0.0992 e. The molecule has 0 saturated heterocycles. The summed E-state index contributed by atoms with van der Waals surface area (Å²) in [5.41, 5.74) is 8.50. The molecule has 0 aliphatic rings. The van der Waals surface area contributed by atoms with E-state index in [4.69, 9.17) is 0 Å². The molecule has 0 atom stereocenters. The second-order valence-corrected chi connectivity index (χ2v) is 8.52. The van der Waals surface area contributed by atoms with Crippen LogP contribution in [0.25, 0.3) is 49.7 Å². The highest BCUT2D eigenvalue weighted by Crippen LogP contribution is 2.36. The lowest BCUT2D eigenvalue weighted by Crippen LogP contribution is -1.96. The number of hydrogen-bond acceptors (Lipinski definition) is 2. The van der Waals surface area contributed by atoms with Gasteiger partial charge >= 0.3 is 0 Å². The van der Waals surface area contributed by atoms with Crippen LogP contribution < -0.4 is 0 Å². The van der Waals surface area contributed by atoms with Crippen molar-refractivity contribution in [1.29, 1.82) is 10.5 Å². The fourth-order valence-electron chi connectivity index (χ4n) is 4.81. The molecule has 3 nitrogen and oxygen atoms in total. The molecule has 162 valence electrons. The van der Waals surface area contributed by atoms with E-state index >= 15 is 0 Å². The largest absolute Gasteiger partial charge is 0.309 e. The lowest BCUT2D eigenvalue weighted by atomic mass is 9.98. The molecule has 0 aliphatic carbocycles. The Balaban J connectivity index is 1.57. The molecule has 3 heteroatoms. The van der Waals surface area contributed by atoms with Gasteiger partial charge in [-0.1, -0.05) is 72.8 Å². The molecule has 0 unspecified atom stereocenters. The van der Waals surface area contributed by atoms with Gasteiger partial charge < -0.3 is 4.57 Å². The third-order valence-corrected chi connectivity index (χ3v) is 6.41. The van der Waals surface area contributed by atoms with Crippen LogP contribution in [0.15, 0.2) is 115 Å². The topological polar surface area (TPSA) is 52.5 Å². The highest BCUT2D eigenvalue weighted by atomic mass is 15.0. The number of nitriles is 2. The normalized spacial score (nSPS) is 10.8. The standard InChI is InChI=1S/C32H19N3/c33-20-22-15-23(21-34)17-28(16-22)35-31-12-5-4-11-29(31)30-19-27(13-14-32(30)35)26-10-6-9-25(18-26)24-7-2-1-3-8-24/h1-19H. The summed E-state index contributed by atoms with van der Waals surface area (Å²) in [6.07, 6.45) is 0. The summed E-state index contributed by atoms with van der Waals surface area (Å²) in [6, 6.07) is 43.4. The zero-order valence-corrected chi connectivity index (χ0v) is 18.8. The Hall–Kier alpha value is -5.12. The van der Waals surface area contributed by atoms with Gasteiger partial charge in [0.2, 0.25) is 0 Å². The third-order valence-electron chi connectivity index (χ3n) is 6.41. The van der Waals surface area contributed by atoms with Crippen molar-refractivity contribution in [3.8, 4) is 40.1 Å². The first kappa shape index (κ1) is 20.5. The molecule has 0 bridgehead atoms. The van der Waals surface area contributed by atoms with Gasteiger partial charge in [-0.3, -0.25) is 0 Å². The Bertz CT molecular complexity index is 1780. The summed E-state index contributed by atoms with van der Waals surface area (Å²) in [7, 11) is 0. The minimum Gasteiger partial charge on any atom is -0.309 e. The minimum absolute atomic E-state index is 0.472. The van der Waals surface area contributed by atoms with Crippen LogP contribution in [0, 0.1) is 22.7 Å². The predicted molar refractivity (Wildman–Crippen MR) is 141 cm³/mol. The number of hydrogen-bond donors (Lipinski definition) is 0.